The van der Waals surface area contributed by atoms with E-state index in [1.165, 1.54) is 6.42 Å². The molecule has 3 heterocycles. The van der Waals surface area contributed by atoms with E-state index in [1.54, 1.807) is 22.7 Å². The molecule has 5 heteroatoms. The van der Waals surface area contributed by atoms with Crippen LogP contribution in [0.2, 0.25) is 0 Å². The summed E-state index contributed by atoms with van der Waals surface area (Å²) >= 11 is 0. The van der Waals surface area contributed by atoms with Gasteiger partial charge in [0.05, 0.1) is 0 Å². The third kappa shape index (κ3) is 1.99. The summed E-state index contributed by atoms with van der Waals surface area (Å²) in [5.41, 5.74) is 2.10. The van der Waals surface area contributed by atoms with Gasteiger partial charge in [0, 0.05) is 35.9 Å². The zero-order chi connectivity index (χ0) is 14.4. The number of amides is 1. The summed E-state index contributed by atoms with van der Waals surface area (Å²) in [6, 6.07) is 10.2. The first-order chi connectivity index (χ1) is 10.2. The minimum Gasteiger partial charge on any atom is -0.349 e. The summed E-state index contributed by atoms with van der Waals surface area (Å²) in [4.78, 5) is 12.4. The number of aromatic nitrogens is 1. The highest BCUT2D eigenvalue weighted by Crippen LogP contribution is 2.31. The number of fused-ring (bicyclic) bond motifs is 3. The molecule has 4 rings (SSSR count). The van der Waals surface area contributed by atoms with Crippen LogP contribution in [0.3, 0.4) is 0 Å². The van der Waals surface area contributed by atoms with Gasteiger partial charge >= 0.3 is 0 Å². The molecule has 0 radical (unpaired) electrons. The number of nitriles is 1. The molecular weight excluding hydrogens is 264 g/mol. The number of carbonyl (C=O) groups excluding carboxylic acids is 1. The third-order valence-electron chi connectivity index (χ3n) is 4.71. The van der Waals surface area contributed by atoms with Crippen LogP contribution in [0, 0.1) is 17.2 Å². The maximum absolute atomic E-state index is 12.4. The Labute approximate surface area is 122 Å². The molecule has 106 valence electrons. The van der Waals surface area contributed by atoms with Crippen LogP contribution < -0.4 is 10.6 Å². The average Bonchev–Trinajstić information content (AvgIpc) is 3.21. The van der Waals surface area contributed by atoms with E-state index in [-0.39, 0.29) is 5.91 Å². The Morgan fingerprint density at radius 1 is 1.38 bits per heavy atom. The maximum atomic E-state index is 12.4. The first-order valence-corrected chi connectivity index (χ1v) is 7.30. The second-order valence-electron chi connectivity index (χ2n) is 5.96. The normalized spacial score (nSPS) is 26.9. The van der Waals surface area contributed by atoms with Crippen molar-refractivity contribution in [3.8, 4) is 6.07 Å². The van der Waals surface area contributed by atoms with Gasteiger partial charge in [0.15, 0.2) is 0 Å². The lowest BCUT2D eigenvalue weighted by molar-refractivity contribution is 0.0925. The topological polar surface area (TPSA) is 69.3 Å². The lowest BCUT2D eigenvalue weighted by Crippen LogP contribution is -2.44. The summed E-state index contributed by atoms with van der Waals surface area (Å²) in [5.74, 6) is 0.552. The van der Waals surface area contributed by atoms with Crippen LogP contribution in [0.15, 0.2) is 30.5 Å². The van der Waals surface area contributed by atoms with Crippen molar-refractivity contribution in [1.82, 2.24) is 15.0 Å². The summed E-state index contributed by atoms with van der Waals surface area (Å²) in [5, 5.41) is 15.6. The molecule has 3 unspecified atom stereocenters. The van der Waals surface area contributed by atoms with Crippen molar-refractivity contribution < 1.29 is 4.79 Å². The Bertz CT molecular complexity index is 757. The van der Waals surface area contributed by atoms with Gasteiger partial charge in [0.1, 0.15) is 11.8 Å². The van der Waals surface area contributed by atoms with Crippen molar-refractivity contribution in [2.45, 2.75) is 24.9 Å². The summed E-state index contributed by atoms with van der Waals surface area (Å²) < 4.78 is 1.79. The molecule has 0 spiro atoms. The molecule has 2 aromatic rings. The van der Waals surface area contributed by atoms with E-state index in [0.717, 1.165) is 18.5 Å². The smallest absolute Gasteiger partial charge is 0.251 e. The predicted molar refractivity (Wildman–Crippen MR) is 77.9 cm³/mol. The van der Waals surface area contributed by atoms with Gasteiger partial charge in [0.25, 0.3) is 5.91 Å². The van der Waals surface area contributed by atoms with Crippen LogP contribution in [0.25, 0.3) is 5.52 Å². The zero-order valence-corrected chi connectivity index (χ0v) is 11.5. The van der Waals surface area contributed by atoms with Crippen molar-refractivity contribution in [2.75, 3.05) is 6.54 Å². The Morgan fingerprint density at radius 2 is 2.29 bits per heavy atom. The van der Waals surface area contributed by atoms with Gasteiger partial charge in [-0.2, -0.15) is 5.26 Å². The number of hydrogen-bond donors (Lipinski definition) is 2. The van der Waals surface area contributed by atoms with Crippen LogP contribution >= 0.6 is 0 Å². The maximum Gasteiger partial charge on any atom is 0.251 e. The minimum absolute atomic E-state index is 0.0187. The van der Waals surface area contributed by atoms with Crippen LogP contribution in [-0.4, -0.2) is 28.9 Å². The molecule has 1 saturated carbocycles. The Kier molecular flexibility index (Phi) is 2.72. The predicted octanol–water partition coefficient (Wildman–Crippen LogP) is 1.29. The van der Waals surface area contributed by atoms with E-state index < -0.39 is 0 Å². The first-order valence-electron chi connectivity index (χ1n) is 7.30. The Hall–Kier alpha value is -2.32. The number of rotatable bonds is 2. The zero-order valence-electron chi connectivity index (χ0n) is 11.5. The monoisotopic (exact) mass is 280 g/mol. The second-order valence-corrected chi connectivity index (χ2v) is 5.96. The molecule has 0 aromatic carbocycles. The van der Waals surface area contributed by atoms with Gasteiger partial charge in [0.2, 0.25) is 0 Å². The highest BCUT2D eigenvalue weighted by atomic mass is 16.1. The van der Waals surface area contributed by atoms with Crippen LogP contribution in [-0.2, 0) is 0 Å². The minimum atomic E-state index is -0.0187. The third-order valence-corrected chi connectivity index (χ3v) is 4.71. The number of nitrogens with one attached hydrogen (secondary N) is 2. The molecule has 2 bridgehead atoms. The second kappa shape index (κ2) is 4.61. The quantitative estimate of drug-likeness (QED) is 0.871. The fraction of sp³-hybridized carbons (Fsp3) is 0.375. The van der Waals surface area contributed by atoms with E-state index >= 15 is 0 Å². The van der Waals surface area contributed by atoms with E-state index in [0.29, 0.717) is 29.3 Å². The van der Waals surface area contributed by atoms with Gasteiger partial charge in [-0.25, -0.2) is 0 Å². The Balaban J connectivity index is 1.55. The lowest BCUT2D eigenvalue weighted by atomic mass is 10.0. The van der Waals surface area contributed by atoms with Crippen molar-refractivity contribution in [3.63, 3.8) is 0 Å². The highest BCUT2D eigenvalue weighted by Gasteiger charge is 2.40. The van der Waals surface area contributed by atoms with Crippen molar-refractivity contribution in [1.29, 1.82) is 5.26 Å². The molecule has 1 aliphatic heterocycles. The fourth-order valence-corrected chi connectivity index (χ4v) is 3.61. The first kappa shape index (κ1) is 12.4. The van der Waals surface area contributed by atoms with E-state index in [1.807, 2.05) is 12.1 Å². The number of hydrogen-bond acceptors (Lipinski definition) is 3. The summed E-state index contributed by atoms with van der Waals surface area (Å²) in [7, 11) is 0. The van der Waals surface area contributed by atoms with Crippen molar-refractivity contribution in [3.05, 3.63) is 41.7 Å². The van der Waals surface area contributed by atoms with Gasteiger partial charge in [-0.1, -0.05) is 0 Å². The number of nitrogens with zero attached hydrogens (tertiary/aromatic N) is 2. The molecule has 2 aliphatic rings. The van der Waals surface area contributed by atoms with E-state index in [2.05, 4.69) is 16.7 Å². The highest BCUT2D eigenvalue weighted by molar-refractivity contribution is 5.95. The molecule has 1 aliphatic carbocycles. The van der Waals surface area contributed by atoms with Crippen LogP contribution in [0.1, 0.15) is 28.9 Å². The number of carbonyl (C=O) groups is 1. The lowest BCUT2D eigenvalue weighted by Gasteiger charge is -2.23. The van der Waals surface area contributed by atoms with Gasteiger partial charge in [-0.15, -0.1) is 0 Å². The van der Waals surface area contributed by atoms with Gasteiger partial charge in [-0.3, -0.25) is 4.79 Å². The largest absolute Gasteiger partial charge is 0.349 e. The van der Waals surface area contributed by atoms with Crippen LogP contribution in [0.5, 0.6) is 0 Å². The standard InChI is InChI=1S/C16H16N4O/c17-8-14-2-1-13-6-10(3-4-20(13)14)16(21)19-15-7-12-5-11(15)9-18-12/h1-4,6,11-12,15,18H,5,7,9H2,(H,19,21). The number of piperidine rings is 1. The van der Waals surface area contributed by atoms with Gasteiger partial charge < -0.3 is 15.0 Å². The average molecular weight is 280 g/mol. The molecule has 2 aromatic heterocycles. The molecular formula is C16H16N4O. The van der Waals surface area contributed by atoms with Crippen molar-refractivity contribution in [2.24, 2.45) is 5.92 Å². The van der Waals surface area contributed by atoms with E-state index in [4.69, 9.17) is 5.26 Å². The fourth-order valence-electron chi connectivity index (χ4n) is 3.61. The van der Waals surface area contributed by atoms with E-state index in [9.17, 15) is 4.79 Å². The molecule has 1 amide bonds. The Morgan fingerprint density at radius 3 is 3.00 bits per heavy atom. The van der Waals surface area contributed by atoms with Crippen LogP contribution in [0.4, 0.5) is 0 Å². The van der Waals surface area contributed by atoms with Crippen molar-refractivity contribution >= 4 is 11.4 Å². The van der Waals surface area contributed by atoms with Gasteiger partial charge in [-0.05, 0) is 43.0 Å². The molecule has 5 nitrogen and oxygen atoms in total. The SMILES string of the molecule is N#Cc1ccc2cc(C(=O)NC3CC4CC3CN4)ccn12. The number of pyridine rings is 1. The summed E-state index contributed by atoms with van der Waals surface area (Å²) in [6.45, 7) is 1.01. The molecule has 2 fully saturated rings. The molecule has 2 N–H and O–H groups in total. The summed E-state index contributed by atoms with van der Waals surface area (Å²) in [6.07, 6.45) is 3.99. The molecule has 21 heavy (non-hydrogen) atoms. The molecule has 3 atom stereocenters. The molecule has 1 saturated heterocycles.